The molecule has 1 amide bonds. The van der Waals surface area contributed by atoms with Crippen molar-refractivity contribution in [2.45, 2.75) is 25.8 Å². The third kappa shape index (κ3) is 2.65. The molecule has 0 N–H and O–H groups in total. The van der Waals surface area contributed by atoms with Gasteiger partial charge in [0.2, 0.25) is 5.91 Å². The topological polar surface area (TPSA) is 46.1 Å². The highest BCUT2D eigenvalue weighted by Gasteiger charge is 2.18. The van der Waals surface area contributed by atoms with Crippen molar-refractivity contribution in [3.05, 3.63) is 23.2 Å². The largest absolute Gasteiger partial charge is 0.337 e. The number of nitrogens with zero attached hydrogens (tertiary/aromatic N) is 3. The minimum atomic E-state index is 0.206. The van der Waals surface area contributed by atoms with Crippen molar-refractivity contribution >= 4 is 17.5 Å². The molecule has 0 unspecified atom stereocenters. The van der Waals surface area contributed by atoms with Crippen molar-refractivity contribution in [2.75, 3.05) is 6.54 Å². The van der Waals surface area contributed by atoms with Gasteiger partial charge in [0.15, 0.2) is 0 Å². The number of piperidine rings is 1. The third-order valence-corrected chi connectivity index (χ3v) is 2.64. The Bertz CT molecular complexity index is 352. The molecule has 2 heterocycles. The SMILES string of the molecule is O=C1CCCCN1Cc1cnc(Cl)cn1. The Hall–Kier alpha value is -1.16. The summed E-state index contributed by atoms with van der Waals surface area (Å²) in [6, 6.07) is 0. The Morgan fingerprint density at radius 1 is 1.33 bits per heavy atom. The number of likely N-dealkylation sites (tertiary alicyclic amines) is 1. The second kappa shape index (κ2) is 4.57. The van der Waals surface area contributed by atoms with Crippen LogP contribution in [0.2, 0.25) is 5.15 Å². The van der Waals surface area contributed by atoms with Gasteiger partial charge in [-0.3, -0.25) is 9.78 Å². The molecule has 0 bridgehead atoms. The molecule has 80 valence electrons. The van der Waals surface area contributed by atoms with Gasteiger partial charge in [-0.25, -0.2) is 4.98 Å². The summed E-state index contributed by atoms with van der Waals surface area (Å²) < 4.78 is 0. The first-order valence-electron chi connectivity index (χ1n) is 5.00. The van der Waals surface area contributed by atoms with E-state index >= 15 is 0 Å². The van der Waals surface area contributed by atoms with Crippen LogP contribution in [-0.2, 0) is 11.3 Å². The molecule has 1 saturated heterocycles. The first-order valence-corrected chi connectivity index (χ1v) is 5.38. The highest BCUT2D eigenvalue weighted by molar-refractivity contribution is 6.29. The molecule has 0 aliphatic carbocycles. The standard InChI is InChI=1S/C10H12ClN3O/c11-9-6-12-8(5-13-9)7-14-4-2-1-3-10(14)15/h5-6H,1-4,7H2. The van der Waals surface area contributed by atoms with Gasteiger partial charge in [0, 0.05) is 13.0 Å². The fourth-order valence-electron chi connectivity index (χ4n) is 1.65. The van der Waals surface area contributed by atoms with Crippen molar-refractivity contribution in [1.29, 1.82) is 0 Å². The van der Waals surface area contributed by atoms with Crippen LogP contribution < -0.4 is 0 Å². The maximum atomic E-state index is 11.5. The number of amides is 1. The lowest BCUT2D eigenvalue weighted by Gasteiger charge is -2.26. The Labute approximate surface area is 93.3 Å². The van der Waals surface area contributed by atoms with Gasteiger partial charge in [-0.2, -0.15) is 0 Å². The van der Waals surface area contributed by atoms with Crippen LogP contribution in [0.5, 0.6) is 0 Å². The molecule has 1 aliphatic heterocycles. The number of halogens is 1. The molecule has 0 radical (unpaired) electrons. The lowest BCUT2D eigenvalue weighted by Crippen LogP contribution is -2.34. The smallest absolute Gasteiger partial charge is 0.222 e. The average molecular weight is 226 g/mol. The van der Waals surface area contributed by atoms with Gasteiger partial charge in [0.05, 0.1) is 24.6 Å². The Balaban J connectivity index is 2.01. The maximum Gasteiger partial charge on any atom is 0.222 e. The number of aromatic nitrogens is 2. The lowest BCUT2D eigenvalue weighted by atomic mass is 10.1. The van der Waals surface area contributed by atoms with E-state index in [1.165, 1.54) is 6.20 Å². The predicted molar refractivity (Wildman–Crippen MR) is 56.3 cm³/mol. The van der Waals surface area contributed by atoms with Gasteiger partial charge in [0.25, 0.3) is 0 Å². The molecule has 15 heavy (non-hydrogen) atoms. The second-order valence-corrected chi connectivity index (χ2v) is 3.99. The van der Waals surface area contributed by atoms with E-state index in [1.54, 1.807) is 6.20 Å². The molecule has 2 rings (SSSR count). The van der Waals surface area contributed by atoms with Crippen molar-refractivity contribution in [3.63, 3.8) is 0 Å². The molecule has 1 fully saturated rings. The van der Waals surface area contributed by atoms with Gasteiger partial charge in [-0.1, -0.05) is 11.6 Å². The summed E-state index contributed by atoms with van der Waals surface area (Å²) in [5, 5.41) is 0.378. The van der Waals surface area contributed by atoms with Gasteiger partial charge in [-0.15, -0.1) is 0 Å². The Morgan fingerprint density at radius 3 is 2.87 bits per heavy atom. The highest BCUT2D eigenvalue weighted by atomic mass is 35.5. The van der Waals surface area contributed by atoms with E-state index in [0.29, 0.717) is 18.1 Å². The van der Waals surface area contributed by atoms with E-state index in [9.17, 15) is 4.79 Å². The number of hydrogen-bond donors (Lipinski definition) is 0. The first-order chi connectivity index (χ1) is 7.25. The highest BCUT2D eigenvalue weighted by Crippen LogP contribution is 2.13. The second-order valence-electron chi connectivity index (χ2n) is 3.60. The Kier molecular flexibility index (Phi) is 3.16. The molecule has 0 aromatic carbocycles. The summed E-state index contributed by atoms with van der Waals surface area (Å²) in [4.78, 5) is 21.4. The molecule has 1 aromatic heterocycles. The molecule has 1 aromatic rings. The van der Waals surface area contributed by atoms with E-state index in [-0.39, 0.29) is 5.91 Å². The van der Waals surface area contributed by atoms with Crippen LogP contribution in [-0.4, -0.2) is 27.3 Å². The molecule has 5 heteroatoms. The van der Waals surface area contributed by atoms with Gasteiger partial charge >= 0.3 is 0 Å². The molecule has 0 saturated carbocycles. The normalized spacial score (nSPS) is 16.9. The molecule has 0 spiro atoms. The van der Waals surface area contributed by atoms with E-state index < -0.39 is 0 Å². The van der Waals surface area contributed by atoms with Crippen LogP contribution in [0, 0.1) is 0 Å². The van der Waals surface area contributed by atoms with Crippen LogP contribution in [0.1, 0.15) is 25.0 Å². The van der Waals surface area contributed by atoms with Crippen molar-refractivity contribution in [1.82, 2.24) is 14.9 Å². The van der Waals surface area contributed by atoms with E-state index in [1.807, 2.05) is 4.90 Å². The van der Waals surface area contributed by atoms with E-state index in [2.05, 4.69) is 9.97 Å². The first kappa shape index (κ1) is 10.4. The summed E-state index contributed by atoms with van der Waals surface area (Å²) in [5.41, 5.74) is 0.787. The third-order valence-electron chi connectivity index (χ3n) is 2.45. The number of hydrogen-bond acceptors (Lipinski definition) is 3. The number of carbonyl (C=O) groups excluding carboxylic acids is 1. The Morgan fingerprint density at radius 2 is 2.20 bits per heavy atom. The lowest BCUT2D eigenvalue weighted by molar-refractivity contribution is -0.133. The van der Waals surface area contributed by atoms with E-state index in [0.717, 1.165) is 25.1 Å². The number of rotatable bonds is 2. The van der Waals surface area contributed by atoms with Crippen molar-refractivity contribution in [3.8, 4) is 0 Å². The summed E-state index contributed by atoms with van der Waals surface area (Å²) in [6.07, 6.45) is 5.85. The van der Waals surface area contributed by atoms with Crippen molar-refractivity contribution < 1.29 is 4.79 Å². The predicted octanol–water partition coefficient (Wildman–Crippen LogP) is 1.64. The fraction of sp³-hybridized carbons (Fsp3) is 0.500. The molecule has 0 atom stereocenters. The van der Waals surface area contributed by atoms with Crippen LogP contribution in [0.3, 0.4) is 0 Å². The molecule has 1 aliphatic rings. The van der Waals surface area contributed by atoms with Gasteiger partial charge < -0.3 is 4.90 Å². The zero-order chi connectivity index (χ0) is 10.7. The average Bonchev–Trinajstić information content (AvgIpc) is 2.25. The number of carbonyl (C=O) groups is 1. The van der Waals surface area contributed by atoms with Crippen LogP contribution in [0.15, 0.2) is 12.4 Å². The minimum absolute atomic E-state index is 0.206. The summed E-state index contributed by atoms with van der Waals surface area (Å²) >= 11 is 5.63. The molecular weight excluding hydrogens is 214 g/mol. The quantitative estimate of drug-likeness (QED) is 0.769. The summed E-state index contributed by atoms with van der Waals surface area (Å²) in [5.74, 6) is 0.206. The monoisotopic (exact) mass is 225 g/mol. The summed E-state index contributed by atoms with van der Waals surface area (Å²) in [7, 11) is 0. The molecular formula is C10H12ClN3O. The van der Waals surface area contributed by atoms with Gasteiger partial charge in [-0.05, 0) is 12.8 Å². The van der Waals surface area contributed by atoms with Crippen LogP contribution >= 0.6 is 11.6 Å². The van der Waals surface area contributed by atoms with Crippen LogP contribution in [0.25, 0.3) is 0 Å². The summed E-state index contributed by atoms with van der Waals surface area (Å²) in [6.45, 7) is 1.37. The molecule has 4 nitrogen and oxygen atoms in total. The zero-order valence-corrected chi connectivity index (χ0v) is 9.07. The maximum absolute atomic E-state index is 11.5. The fourth-order valence-corrected chi connectivity index (χ4v) is 1.74. The van der Waals surface area contributed by atoms with Crippen molar-refractivity contribution in [2.24, 2.45) is 0 Å². The zero-order valence-electron chi connectivity index (χ0n) is 8.32. The van der Waals surface area contributed by atoms with E-state index in [4.69, 9.17) is 11.6 Å². The minimum Gasteiger partial charge on any atom is -0.337 e. The van der Waals surface area contributed by atoms with Gasteiger partial charge in [0.1, 0.15) is 5.15 Å². The van der Waals surface area contributed by atoms with Crippen LogP contribution in [0.4, 0.5) is 0 Å².